The maximum Gasteiger partial charge on any atom is 0.407 e. The molecule has 5 nitrogen and oxygen atoms in total. The fraction of sp³-hybridized carbons (Fsp3) is 0.529. The largest absolute Gasteiger partial charge is 0.444 e. The molecule has 0 aromatic heterocycles. The zero-order chi connectivity index (χ0) is 16.8. The molecule has 0 radical (unpaired) electrons. The molecular formula is C17H25N3O2. The van der Waals surface area contributed by atoms with Crippen molar-refractivity contribution in [2.24, 2.45) is 0 Å². The van der Waals surface area contributed by atoms with E-state index in [0.717, 1.165) is 5.56 Å². The molecule has 0 fully saturated rings. The Hall–Kier alpha value is -2.06. The lowest BCUT2D eigenvalue weighted by atomic mass is 10.1. The van der Waals surface area contributed by atoms with E-state index in [2.05, 4.69) is 16.7 Å². The molecule has 1 amide bonds. The fourth-order valence-electron chi connectivity index (χ4n) is 1.91. The van der Waals surface area contributed by atoms with Crippen LogP contribution in [0.4, 0.5) is 4.79 Å². The van der Waals surface area contributed by atoms with Gasteiger partial charge in [-0.1, -0.05) is 12.1 Å². The van der Waals surface area contributed by atoms with Crippen LogP contribution in [0.3, 0.4) is 0 Å². The number of hydrogen-bond acceptors (Lipinski definition) is 4. The van der Waals surface area contributed by atoms with E-state index in [4.69, 9.17) is 10.00 Å². The zero-order valence-corrected chi connectivity index (χ0v) is 13.9. The molecule has 2 atom stereocenters. The standard InChI is InChI=1S/C17H25N3O2/c1-12(20-16(21)22-17(3,4)5)11-19-13(2)15-8-6-7-14(9-15)10-18/h6-9,12-13,19H,11H2,1-5H3,(H,20,21). The Kier molecular flexibility index (Phi) is 6.39. The van der Waals surface area contributed by atoms with Gasteiger partial charge in [0.1, 0.15) is 5.60 Å². The van der Waals surface area contributed by atoms with Gasteiger partial charge in [-0.15, -0.1) is 0 Å². The Balaban J connectivity index is 2.45. The van der Waals surface area contributed by atoms with Gasteiger partial charge < -0.3 is 15.4 Å². The molecule has 1 aromatic carbocycles. The summed E-state index contributed by atoms with van der Waals surface area (Å²) in [5.41, 5.74) is 1.19. The summed E-state index contributed by atoms with van der Waals surface area (Å²) in [6, 6.07) is 9.66. The zero-order valence-electron chi connectivity index (χ0n) is 13.9. The van der Waals surface area contributed by atoms with Gasteiger partial charge in [-0.2, -0.15) is 5.26 Å². The van der Waals surface area contributed by atoms with Crippen LogP contribution in [0.1, 0.15) is 51.8 Å². The average molecular weight is 303 g/mol. The molecule has 2 unspecified atom stereocenters. The first-order chi connectivity index (χ1) is 10.2. The number of carbonyl (C=O) groups excluding carboxylic acids is 1. The molecule has 1 aromatic rings. The molecule has 1 rings (SSSR count). The summed E-state index contributed by atoms with van der Waals surface area (Å²) in [7, 11) is 0. The first-order valence-electron chi connectivity index (χ1n) is 7.44. The molecule has 0 bridgehead atoms. The van der Waals surface area contributed by atoms with E-state index in [1.54, 1.807) is 6.07 Å². The molecular weight excluding hydrogens is 278 g/mol. The number of carbonyl (C=O) groups is 1. The average Bonchev–Trinajstić information content (AvgIpc) is 2.42. The number of rotatable bonds is 5. The van der Waals surface area contributed by atoms with Crippen molar-refractivity contribution in [2.75, 3.05) is 6.54 Å². The van der Waals surface area contributed by atoms with Crippen LogP contribution in [0, 0.1) is 11.3 Å². The summed E-state index contributed by atoms with van der Waals surface area (Å²) >= 11 is 0. The molecule has 120 valence electrons. The molecule has 0 aliphatic rings. The van der Waals surface area contributed by atoms with Crippen molar-refractivity contribution in [3.63, 3.8) is 0 Å². The first kappa shape index (κ1) is 18.0. The van der Waals surface area contributed by atoms with Gasteiger partial charge in [-0.25, -0.2) is 4.79 Å². The lowest BCUT2D eigenvalue weighted by Gasteiger charge is -2.23. The number of alkyl carbamates (subject to hydrolysis) is 1. The number of hydrogen-bond donors (Lipinski definition) is 2. The Morgan fingerprint density at radius 1 is 1.36 bits per heavy atom. The van der Waals surface area contributed by atoms with E-state index < -0.39 is 11.7 Å². The van der Waals surface area contributed by atoms with Crippen LogP contribution >= 0.6 is 0 Å². The molecule has 22 heavy (non-hydrogen) atoms. The van der Waals surface area contributed by atoms with Crippen molar-refractivity contribution in [3.05, 3.63) is 35.4 Å². The summed E-state index contributed by atoms with van der Waals surface area (Å²) in [6.45, 7) is 10.0. The Morgan fingerprint density at radius 3 is 2.64 bits per heavy atom. The second kappa shape index (κ2) is 7.81. The molecule has 0 aliphatic carbocycles. The molecule has 0 spiro atoms. The SMILES string of the molecule is CC(CNC(C)c1cccc(C#N)c1)NC(=O)OC(C)(C)C. The highest BCUT2D eigenvalue weighted by atomic mass is 16.6. The van der Waals surface area contributed by atoms with Crippen molar-refractivity contribution >= 4 is 6.09 Å². The number of nitriles is 1. The normalized spacial score (nSPS) is 13.8. The highest BCUT2D eigenvalue weighted by Gasteiger charge is 2.17. The van der Waals surface area contributed by atoms with Gasteiger partial charge in [-0.3, -0.25) is 0 Å². The number of ether oxygens (including phenoxy) is 1. The van der Waals surface area contributed by atoms with Crippen LogP contribution in [-0.2, 0) is 4.74 Å². The van der Waals surface area contributed by atoms with Crippen molar-refractivity contribution < 1.29 is 9.53 Å². The third-order valence-electron chi connectivity index (χ3n) is 3.01. The molecule has 2 N–H and O–H groups in total. The Labute approximate surface area is 132 Å². The van der Waals surface area contributed by atoms with E-state index >= 15 is 0 Å². The van der Waals surface area contributed by atoms with E-state index in [1.807, 2.05) is 52.8 Å². The van der Waals surface area contributed by atoms with Crippen LogP contribution in [-0.4, -0.2) is 24.3 Å². The number of benzene rings is 1. The minimum atomic E-state index is -0.498. The maximum atomic E-state index is 11.7. The maximum absolute atomic E-state index is 11.7. The first-order valence-corrected chi connectivity index (χ1v) is 7.44. The number of amides is 1. The predicted molar refractivity (Wildman–Crippen MR) is 86.4 cm³/mol. The molecule has 0 saturated carbocycles. The topological polar surface area (TPSA) is 74.2 Å². The summed E-state index contributed by atoms with van der Waals surface area (Å²) in [4.78, 5) is 11.7. The summed E-state index contributed by atoms with van der Waals surface area (Å²) < 4.78 is 5.22. The van der Waals surface area contributed by atoms with Crippen molar-refractivity contribution in [1.82, 2.24) is 10.6 Å². The van der Waals surface area contributed by atoms with E-state index in [0.29, 0.717) is 12.1 Å². The molecule has 5 heteroatoms. The van der Waals surface area contributed by atoms with Gasteiger partial charge in [0.25, 0.3) is 0 Å². The lowest BCUT2D eigenvalue weighted by Crippen LogP contribution is -2.43. The van der Waals surface area contributed by atoms with Crippen molar-refractivity contribution in [3.8, 4) is 6.07 Å². The summed E-state index contributed by atoms with van der Waals surface area (Å²) in [5.74, 6) is 0. The van der Waals surface area contributed by atoms with Gasteiger partial charge in [0.05, 0.1) is 11.6 Å². The van der Waals surface area contributed by atoms with Gasteiger partial charge >= 0.3 is 6.09 Å². The molecule has 0 saturated heterocycles. The van der Waals surface area contributed by atoms with Gasteiger partial charge in [0, 0.05) is 18.6 Å². The fourth-order valence-corrected chi connectivity index (χ4v) is 1.91. The highest BCUT2D eigenvalue weighted by Crippen LogP contribution is 2.13. The van der Waals surface area contributed by atoms with Gasteiger partial charge in [-0.05, 0) is 52.3 Å². The van der Waals surface area contributed by atoms with Gasteiger partial charge in [0.15, 0.2) is 0 Å². The van der Waals surface area contributed by atoms with Crippen molar-refractivity contribution in [1.29, 1.82) is 5.26 Å². The van der Waals surface area contributed by atoms with Crippen LogP contribution in [0.2, 0.25) is 0 Å². The Bertz CT molecular complexity index is 544. The van der Waals surface area contributed by atoms with Crippen LogP contribution in [0.25, 0.3) is 0 Å². The quantitative estimate of drug-likeness (QED) is 0.876. The second-order valence-corrected chi connectivity index (χ2v) is 6.41. The van der Waals surface area contributed by atoms with Gasteiger partial charge in [0.2, 0.25) is 0 Å². The number of nitrogens with one attached hydrogen (secondary N) is 2. The van der Waals surface area contributed by atoms with Crippen LogP contribution in [0.5, 0.6) is 0 Å². The van der Waals surface area contributed by atoms with Crippen LogP contribution < -0.4 is 10.6 Å². The summed E-state index contributed by atoms with van der Waals surface area (Å²) in [6.07, 6.45) is -0.416. The smallest absolute Gasteiger partial charge is 0.407 e. The lowest BCUT2D eigenvalue weighted by molar-refractivity contribution is 0.0507. The van der Waals surface area contributed by atoms with Crippen LogP contribution in [0.15, 0.2) is 24.3 Å². The Morgan fingerprint density at radius 2 is 2.05 bits per heavy atom. The second-order valence-electron chi connectivity index (χ2n) is 6.41. The van der Waals surface area contributed by atoms with E-state index in [-0.39, 0.29) is 12.1 Å². The minimum absolute atomic E-state index is 0.0588. The highest BCUT2D eigenvalue weighted by molar-refractivity contribution is 5.68. The van der Waals surface area contributed by atoms with E-state index in [9.17, 15) is 4.79 Å². The predicted octanol–water partition coefficient (Wildman–Crippen LogP) is 3.12. The third kappa shape index (κ3) is 6.59. The molecule has 0 aliphatic heterocycles. The third-order valence-corrected chi connectivity index (χ3v) is 3.01. The summed E-state index contributed by atoms with van der Waals surface area (Å²) in [5, 5.41) is 15.1. The molecule has 0 heterocycles. The minimum Gasteiger partial charge on any atom is -0.444 e. The number of nitrogens with zero attached hydrogens (tertiary/aromatic N) is 1. The van der Waals surface area contributed by atoms with E-state index in [1.165, 1.54) is 0 Å². The monoisotopic (exact) mass is 303 g/mol. The van der Waals surface area contributed by atoms with Crippen molar-refractivity contribution in [2.45, 2.75) is 52.3 Å².